The van der Waals surface area contributed by atoms with Gasteiger partial charge in [-0.25, -0.2) is 9.97 Å². The Bertz CT molecular complexity index is 459. The van der Waals surface area contributed by atoms with Gasteiger partial charge in [-0.15, -0.1) is 0 Å². The first kappa shape index (κ1) is 9.71. The van der Waals surface area contributed by atoms with E-state index in [0.29, 0.717) is 11.9 Å². The molecule has 0 aliphatic rings. The summed E-state index contributed by atoms with van der Waals surface area (Å²) in [6.45, 7) is 4.22. The van der Waals surface area contributed by atoms with E-state index in [2.05, 4.69) is 28.4 Å². The van der Waals surface area contributed by atoms with Gasteiger partial charge < -0.3 is 10.3 Å². The van der Waals surface area contributed by atoms with Crippen LogP contribution in [-0.4, -0.2) is 14.5 Å². The third-order valence-corrected chi connectivity index (χ3v) is 2.26. The molecule has 2 rings (SSSR count). The van der Waals surface area contributed by atoms with Crippen molar-refractivity contribution in [3.8, 4) is 11.4 Å². The first-order valence-corrected chi connectivity index (χ1v) is 4.93. The molecule has 0 aliphatic heterocycles. The number of nitrogens with zero attached hydrogens (tertiary/aromatic N) is 3. The number of aromatic nitrogens is 3. The maximum Gasteiger partial charge on any atom is 0.124 e. The molecule has 0 saturated heterocycles. The van der Waals surface area contributed by atoms with Gasteiger partial charge in [-0.2, -0.15) is 0 Å². The summed E-state index contributed by atoms with van der Waals surface area (Å²) in [5.41, 5.74) is 7.51. The first-order chi connectivity index (χ1) is 7.18. The molecule has 0 spiro atoms. The monoisotopic (exact) mass is 202 g/mol. The zero-order chi connectivity index (χ0) is 10.8. The SMILES string of the molecule is CC(C)n1cncc1-c1cccc(N)n1. The molecule has 2 N–H and O–H groups in total. The van der Waals surface area contributed by atoms with E-state index in [9.17, 15) is 0 Å². The molecule has 2 aromatic heterocycles. The van der Waals surface area contributed by atoms with Crippen molar-refractivity contribution in [2.45, 2.75) is 19.9 Å². The van der Waals surface area contributed by atoms with Crippen LogP contribution in [0.15, 0.2) is 30.7 Å². The van der Waals surface area contributed by atoms with Crippen molar-refractivity contribution >= 4 is 5.82 Å². The lowest BCUT2D eigenvalue weighted by atomic mass is 10.2. The highest BCUT2D eigenvalue weighted by molar-refractivity contribution is 5.56. The van der Waals surface area contributed by atoms with E-state index in [4.69, 9.17) is 5.73 Å². The van der Waals surface area contributed by atoms with Gasteiger partial charge >= 0.3 is 0 Å². The van der Waals surface area contributed by atoms with Crippen LogP contribution in [0, 0.1) is 0 Å². The maximum atomic E-state index is 5.65. The molecule has 0 fully saturated rings. The lowest BCUT2D eigenvalue weighted by molar-refractivity contribution is 0.604. The van der Waals surface area contributed by atoms with Gasteiger partial charge in [0.15, 0.2) is 0 Å². The molecule has 15 heavy (non-hydrogen) atoms. The average molecular weight is 202 g/mol. The van der Waals surface area contributed by atoms with Crippen molar-refractivity contribution in [3.63, 3.8) is 0 Å². The Morgan fingerprint density at radius 2 is 2.13 bits per heavy atom. The molecule has 0 amide bonds. The molecular formula is C11H14N4. The number of hydrogen-bond donors (Lipinski definition) is 1. The summed E-state index contributed by atoms with van der Waals surface area (Å²) in [7, 11) is 0. The van der Waals surface area contributed by atoms with Crippen LogP contribution in [0.4, 0.5) is 5.82 Å². The van der Waals surface area contributed by atoms with Crippen LogP contribution < -0.4 is 5.73 Å². The normalized spacial score (nSPS) is 10.9. The Hall–Kier alpha value is -1.84. The highest BCUT2D eigenvalue weighted by Gasteiger charge is 2.08. The largest absolute Gasteiger partial charge is 0.384 e. The van der Waals surface area contributed by atoms with E-state index in [-0.39, 0.29) is 0 Å². The summed E-state index contributed by atoms with van der Waals surface area (Å²) in [6, 6.07) is 5.98. The van der Waals surface area contributed by atoms with Gasteiger partial charge in [0.1, 0.15) is 5.82 Å². The van der Waals surface area contributed by atoms with Crippen molar-refractivity contribution in [1.29, 1.82) is 0 Å². The van der Waals surface area contributed by atoms with Crippen LogP contribution >= 0.6 is 0 Å². The van der Waals surface area contributed by atoms with Gasteiger partial charge in [-0.3, -0.25) is 0 Å². The third kappa shape index (κ3) is 1.83. The lowest BCUT2D eigenvalue weighted by Crippen LogP contribution is -2.02. The van der Waals surface area contributed by atoms with E-state index >= 15 is 0 Å². The topological polar surface area (TPSA) is 56.7 Å². The lowest BCUT2D eigenvalue weighted by Gasteiger charge is -2.11. The summed E-state index contributed by atoms with van der Waals surface area (Å²) in [6.07, 6.45) is 3.62. The summed E-state index contributed by atoms with van der Waals surface area (Å²) >= 11 is 0. The minimum atomic E-state index is 0.366. The quantitative estimate of drug-likeness (QED) is 0.811. The van der Waals surface area contributed by atoms with Crippen LogP contribution in [0.3, 0.4) is 0 Å². The fourth-order valence-electron chi connectivity index (χ4n) is 1.51. The number of nitrogens with two attached hydrogens (primary N) is 1. The second-order valence-electron chi connectivity index (χ2n) is 3.73. The van der Waals surface area contributed by atoms with Gasteiger partial charge in [-0.05, 0) is 26.0 Å². The fraction of sp³-hybridized carbons (Fsp3) is 0.273. The Labute approximate surface area is 88.8 Å². The molecule has 0 unspecified atom stereocenters. The summed E-state index contributed by atoms with van der Waals surface area (Å²) in [4.78, 5) is 8.41. The van der Waals surface area contributed by atoms with E-state index < -0.39 is 0 Å². The second-order valence-corrected chi connectivity index (χ2v) is 3.73. The smallest absolute Gasteiger partial charge is 0.124 e. The van der Waals surface area contributed by atoms with Crippen LogP contribution in [0.2, 0.25) is 0 Å². The first-order valence-electron chi connectivity index (χ1n) is 4.93. The van der Waals surface area contributed by atoms with Crippen LogP contribution in [0.5, 0.6) is 0 Å². The van der Waals surface area contributed by atoms with Crippen molar-refractivity contribution in [1.82, 2.24) is 14.5 Å². The number of anilines is 1. The molecule has 0 radical (unpaired) electrons. The van der Waals surface area contributed by atoms with Gasteiger partial charge in [-0.1, -0.05) is 6.07 Å². The highest BCUT2D eigenvalue weighted by atomic mass is 15.1. The van der Waals surface area contributed by atoms with E-state index in [1.54, 1.807) is 6.07 Å². The van der Waals surface area contributed by atoms with E-state index in [0.717, 1.165) is 11.4 Å². The standard InChI is InChI=1S/C11H14N4/c1-8(2)15-7-13-6-10(15)9-4-3-5-11(12)14-9/h3-8H,1-2H3,(H2,12,14). The Morgan fingerprint density at radius 3 is 2.80 bits per heavy atom. The molecule has 78 valence electrons. The number of imidazole rings is 1. The molecule has 0 bridgehead atoms. The van der Waals surface area contributed by atoms with Crippen molar-refractivity contribution in [3.05, 3.63) is 30.7 Å². The van der Waals surface area contributed by atoms with Gasteiger partial charge in [0, 0.05) is 6.04 Å². The minimum Gasteiger partial charge on any atom is -0.384 e. The number of pyridine rings is 1. The number of hydrogen-bond acceptors (Lipinski definition) is 3. The van der Waals surface area contributed by atoms with Crippen LogP contribution in [-0.2, 0) is 0 Å². The Kier molecular flexibility index (Phi) is 2.41. The maximum absolute atomic E-state index is 5.65. The van der Waals surface area contributed by atoms with Gasteiger partial charge in [0.2, 0.25) is 0 Å². The summed E-state index contributed by atoms with van der Waals surface area (Å²) < 4.78 is 2.07. The molecule has 4 nitrogen and oxygen atoms in total. The molecule has 4 heteroatoms. The van der Waals surface area contributed by atoms with E-state index in [1.165, 1.54) is 0 Å². The van der Waals surface area contributed by atoms with Crippen LogP contribution in [0.25, 0.3) is 11.4 Å². The molecule has 2 aromatic rings. The molecule has 2 heterocycles. The minimum absolute atomic E-state index is 0.366. The predicted octanol–water partition coefficient (Wildman–Crippen LogP) is 2.11. The van der Waals surface area contributed by atoms with E-state index in [1.807, 2.05) is 24.7 Å². The zero-order valence-corrected chi connectivity index (χ0v) is 8.88. The molecule has 0 atom stereocenters. The predicted molar refractivity (Wildman–Crippen MR) is 60.3 cm³/mol. The highest BCUT2D eigenvalue weighted by Crippen LogP contribution is 2.20. The van der Waals surface area contributed by atoms with Gasteiger partial charge in [0.05, 0.1) is 23.9 Å². The Morgan fingerprint density at radius 1 is 1.33 bits per heavy atom. The molecular weight excluding hydrogens is 188 g/mol. The third-order valence-electron chi connectivity index (χ3n) is 2.26. The Balaban J connectivity index is 2.49. The molecule has 0 aliphatic carbocycles. The molecule has 0 aromatic carbocycles. The number of nitrogen functional groups attached to an aromatic ring is 1. The zero-order valence-electron chi connectivity index (χ0n) is 8.88. The van der Waals surface area contributed by atoms with Crippen molar-refractivity contribution < 1.29 is 0 Å². The molecule has 0 saturated carbocycles. The average Bonchev–Trinajstić information content (AvgIpc) is 2.65. The summed E-state index contributed by atoms with van der Waals surface area (Å²) in [5.74, 6) is 0.531. The van der Waals surface area contributed by atoms with Gasteiger partial charge in [0.25, 0.3) is 0 Å². The number of rotatable bonds is 2. The van der Waals surface area contributed by atoms with Crippen molar-refractivity contribution in [2.75, 3.05) is 5.73 Å². The van der Waals surface area contributed by atoms with Crippen LogP contribution in [0.1, 0.15) is 19.9 Å². The second kappa shape index (κ2) is 3.73. The summed E-state index contributed by atoms with van der Waals surface area (Å²) in [5, 5.41) is 0. The fourth-order valence-corrected chi connectivity index (χ4v) is 1.51. The van der Waals surface area contributed by atoms with Crippen molar-refractivity contribution in [2.24, 2.45) is 0 Å².